The molecule has 21 heavy (non-hydrogen) atoms. The number of carbonyl (C=O) groups excluding carboxylic acids is 2. The van der Waals surface area contributed by atoms with Crippen molar-refractivity contribution in [3.05, 3.63) is 75.3 Å². The van der Waals surface area contributed by atoms with Gasteiger partial charge in [0, 0.05) is 24.1 Å². The molecule has 2 rings (SSSR count). The predicted octanol–water partition coefficient (Wildman–Crippen LogP) is 1.38. The van der Waals surface area contributed by atoms with Crippen molar-refractivity contribution < 1.29 is 19.6 Å². The number of nitrogens with zero attached hydrogens (tertiary/aromatic N) is 1. The molecule has 0 fully saturated rings. The lowest BCUT2D eigenvalue weighted by molar-refractivity contribution is -0.384. The number of non-ortho nitro benzene ring substituents is 1. The normalized spacial score (nSPS) is 10.1. The monoisotopic (exact) mass is 284 g/mol. The number of carboxylic acids is 1. The molecule has 0 radical (unpaired) electrons. The van der Waals surface area contributed by atoms with E-state index in [1.54, 1.807) is 0 Å². The molecule has 0 bridgehead atoms. The minimum atomic E-state index is -1.30. The van der Waals surface area contributed by atoms with Crippen LogP contribution in [0.15, 0.2) is 48.5 Å². The van der Waals surface area contributed by atoms with E-state index in [0.29, 0.717) is 11.1 Å². The number of nitro groups is 1. The molecule has 0 saturated heterocycles. The Morgan fingerprint density at radius 3 is 1.90 bits per heavy atom. The number of nitro benzene ring substituents is 1. The highest BCUT2D eigenvalue weighted by molar-refractivity contribution is 5.98. The van der Waals surface area contributed by atoms with E-state index in [0.717, 1.165) is 0 Å². The molecular weight excluding hydrogens is 274 g/mol. The number of aromatic carboxylic acids is 1. The second-order valence-corrected chi connectivity index (χ2v) is 4.39. The van der Waals surface area contributed by atoms with Gasteiger partial charge in [-0.2, -0.15) is 0 Å². The average Bonchev–Trinajstić information content (AvgIpc) is 2.47. The van der Waals surface area contributed by atoms with Gasteiger partial charge in [-0.3, -0.25) is 14.9 Å². The van der Waals surface area contributed by atoms with E-state index in [1.165, 1.54) is 48.5 Å². The van der Waals surface area contributed by atoms with Gasteiger partial charge in [0.15, 0.2) is 5.78 Å². The maximum atomic E-state index is 12.0. The smallest absolute Gasteiger partial charge is 0.269 e. The van der Waals surface area contributed by atoms with E-state index >= 15 is 0 Å². The van der Waals surface area contributed by atoms with Crippen LogP contribution in [-0.2, 0) is 6.42 Å². The standard InChI is InChI=1S/C15H11NO5/c17-14(11-3-5-12(6-4-11)15(18)19)9-10-1-7-13(8-2-10)16(20)21/h1-8H,9H2,(H,18,19)/p-1. The fraction of sp³-hybridized carbons (Fsp3) is 0.0667. The van der Waals surface area contributed by atoms with Crippen molar-refractivity contribution in [2.24, 2.45) is 0 Å². The molecule has 0 aromatic heterocycles. The Hall–Kier alpha value is -3.02. The Morgan fingerprint density at radius 1 is 0.905 bits per heavy atom. The topological polar surface area (TPSA) is 100 Å². The summed E-state index contributed by atoms with van der Waals surface area (Å²) in [6.07, 6.45) is 0.0860. The molecule has 0 saturated carbocycles. The Kier molecular flexibility index (Phi) is 4.08. The molecule has 6 nitrogen and oxygen atoms in total. The first-order chi connectivity index (χ1) is 9.97. The van der Waals surface area contributed by atoms with Gasteiger partial charge in [0.25, 0.3) is 5.69 Å². The second-order valence-electron chi connectivity index (χ2n) is 4.39. The van der Waals surface area contributed by atoms with Crippen LogP contribution in [0.25, 0.3) is 0 Å². The van der Waals surface area contributed by atoms with Gasteiger partial charge < -0.3 is 9.90 Å². The summed E-state index contributed by atoms with van der Waals surface area (Å²) in [6.45, 7) is 0. The SMILES string of the molecule is O=C([O-])c1ccc(C(=O)Cc2ccc([N+](=O)[O-])cc2)cc1. The molecule has 0 amide bonds. The number of carbonyl (C=O) groups is 2. The molecule has 106 valence electrons. The molecule has 0 aliphatic heterocycles. The summed E-state index contributed by atoms with van der Waals surface area (Å²) in [6, 6.07) is 11.1. The summed E-state index contributed by atoms with van der Waals surface area (Å²) in [7, 11) is 0. The first-order valence-electron chi connectivity index (χ1n) is 6.05. The van der Waals surface area contributed by atoms with E-state index in [-0.39, 0.29) is 23.5 Å². The van der Waals surface area contributed by atoms with Gasteiger partial charge in [0.05, 0.1) is 10.9 Å². The summed E-state index contributed by atoms with van der Waals surface area (Å²) in [4.78, 5) is 32.6. The van der Waals surface area contributed by atoms with Crippen LogP contribution in [0.5, 0.6) is 0 Å². The van der Waals surface area contributed by atoms with Gasteiger partial charge in [0.2, 0.25) is 0 Å². The molecule has 2 aromatic rings. The first-order valence-corrected chi connectivity index (χ1v) is 6.05. The lowest BCUT2D eigenvalue weighted by Crippen LogP contribution is -2.22. The maximum absolute atomic E-state index is 12.0. The molecule has 0 atom stereocenters. The number of ketones is 1. The molecule has 6 heteroatoms. The number of Topliss-reactive ketones (excluding diaryl/α,β-unsaturated/α-hetero) is 1. The number of benzene rings is 2. The fourth-order valence-electron chi connectivity index (χ4n) is 1.82. The average molecular weight is 284 g/mol. The lowest BCUT2D eigenvalue weighted by atomic mass is 10.0. The van der Waals surface area contributed by atoms with Crippen molar-refractivity contribution in [3.8, 4) is 0 Å². The van der Waals surface area contributed by atoms with Gasteiger partial charge in [-0.15, -0.1) is 0 Å². The Bertz CT molecular complexity index is 689. The highest BCUT2D eigenvalue weighted by Gasteiger charge is 2.09. The van der Waals surface area contributed by atoms with Crippen LogP contribution in [0.1, 0.15) is 26.3 Å². The summed E-state index contributed by atoms with van der Waals surface area (Å²) in [5.74, 6) is -1.50. The predicted molar refractivity (Wildman–Crippen MR) is 71.9 cm³/mol. The van der Waals surface area contributed by atoms with Crippen molar-refractivity contribution >= 4 is 17.4 Å². The van der Waals surface area contributed by atoms with Crippen molar-refractivity contribution in [1.82, 2.24) is 0 Å². The van der Waals surface area contributed by atoms with Crippen LogP contribution in [0.3, 0.4) is 0 Å². The lowest BCUT2D eigenvalue weighted by Gasteiger charge is -2.04. The van der Waals surface area contributed by atoms with Crippen LogP contribution >= 0.6 is 0 Å². The van der Waals surface area contributed by atoms with E-state index in [1.807, 2.05) is 0 Å². The third-order valence-corrected chi connectivity index (χ3v) is 2.95. The highest BCUT2D eigenvalue weighted by Crippen LogP contribution is 2.14. The van der Waals surface area contributed by atoms with E-state index < -0.39 is 10.9 Å². The van der Waals surface area contributed by atoms with Crippen molar-refractivity contribution in [2.75, 3.05) is 0 Å². The number of hydrogen-bond donors (Lipinski definition) is 0. The molecule has 0 heterocycles. The Labute approximate surface area is 119 Å². The maximum Gasteiger partial charge on any atom is 0.269 e. The largest absolute Gasteiger partial charge is 0.545 e. The minimum absolute atomic E-state index is 0.00175. The van der Waals surface area contributed by atoms with Crippen LogP contribution in [0.2, 0.25) is 0 Å². The third-order valence-electron chi connectivity index (χ3n) is 2.95. The summed E-state index contributed by atoms with van der Waals surface area (Å²) in [5, 5.41) is 21.1. The summed E-state index contributed by atoms with van der Waals surface area (Å²) in [5.41, 5.74) is 0.985. The van der Waals surface area contributed by atoms with Crippen molar-refractivity contribution in [1.29, 1.82) is 0 Å². The molecule has 0 aliphatic carbocycles. The summed E-state index contributed by atoms with van der Waals surface area (Å²) >= 11 is 0. The molecule has 0 aliphatic rings. The van der Waals surface area contributed by atoms with E-state index in [2.05, 4.69) is 0 Å². The van der Waals surface area contributed by atoms with Crippen LogP contribution in [0.4, 0.5) is 5.69 Å². The first kappa shape index (κ1) is 14.4. The van der Waals surface area contributed by atoms with Crippen LogP contribution in [0, 0.1) is 10.1 Å². The quantitative estimate of drug-likeness (QED) is 0.469. The van der Waals surface area contributed by atoms with Gasteiger partial charge >= 0.3 is 0 Å². The van der Waals surface area contributed by atoms with Gasteiger partial charge in [-0.25, -0.2) is 0 Å². The Morgan fingerprint density at radius 2 is 1.43 bits per heavy atom. The van der Waals surface area contributed by atoms with Crippen molar-refractivity contribution in [3.63, 3.8) is 0 Å². The molecule has 0 unspecified atom stereocenters. The third kappa shape index (κ3) is 3.50. The van der Waals surface area contributed by atoms with Crippen LogP contribution < -0.4 is 5.11 Å². The highest BCUT2D eigenvalue weighted by atomic mass is 16.6. The summed E-state index contributed by atoms with van der Waals surface area (Å²) < 4.78 is 0. The fourth-order valence-corrected chi connectivity index (χ4v) is 1.82. The van der Waals surface area contributed by atoms with Crippen molar-refractivity contribution in [2.45, 2.75) is 6.42 Å². The minimum Gasteiger partial charge on any atom is -0.545 e. The number of hydrogen-bond acceptors (Lipinski definition) is 5. The van der Waals surface area contributed by atoms with Gasteiger partial charge in [0.1, 0.15) is 0 Å². The van der Waals surface area contributed by atoms with Gasteiger partial charge in [-0.05, 0) is 11.1 Å². The molecule has 0 N–H and O–H groups in total. The van der Waals surface area contributed by atoms with Crippen LogP contribution in [-0.4, -0.2) is 16.7 Å². The number of carboxylic acid groups (broad SMARTS) is 1. The zero-order chi connectivity index (χ0) is 15.4. The van der Waals surface area contributed by atoms with E-state index in [4.69, 9.17) is 0 Å². The van der Waals surface area contributed by atoms with E-state index in [9.17, 15) is 24.8 Å². The zero-order valence-electron chi connectivity index (χ0n) is 10.8. The Balaban J connectivity index is 2.10. The second kappa shape index (κ2) is 5.96. The molecular formula is C15H10NO5-. The van der Waals surface area contributed by atoms with Gasteiger partial charge in [-0.1, -0.05) is 36.4 Å². The molecule has 0 spiro atoms. The number of rotatable bonds is 5. The zero-order valence-corrected chi connectivity index (χ0v) is 10.8. The molecule has 2 aromatic carbocycles.